The molecule has 0 spiro atoms. The van der Waals surface area contributed by atoms with Gasteiger partial charge < -0.3 is 9.47 Å². The normalized spacial score (nSPS) is 15.4. The smallest absolute Gasteiger partial charge is 0.0623 e. The average molecular weight is 905 g/mol. The van der Waals surface area contributed by atoms with Gasteiger partial charge in [-0.2, -0.15) is 0 Å². The third kappa shape index (κ3) is 5.48. The Kier molecular flexibility index (Phi) is 8.29. The summed E-state index contributed by atoms with van der Waals surface area (Å²) in [6, 6.07) is 89.0. The first-order valence-electron chi connectivity index (χ1n) is 25.0. The molecule has 1 unspecified atom stereocenters. The van der Waals surface area contributed by atoms with Crippen LogP contribution in [0.5, 0.6) is 0 Å². The third-order valence-electron chi connectivity index (χ3n) is 16.5. The largest absolute Gasteiger partial charge is 0.310 e. The van der Waals surface area contributed by atoms with Gasteiger partial charge in [0, 0.05) is 49.7 Å². The summed E-state index contributed by atoms with van der Waals surface area (Å²) < 4.78 is 2.59. The van der Waals surface area contributed by atoms with E-state index in [1.54, 1.807) is 0 Å². The van der Waals surface area contributed by atoms with Crippen LogP contribution in [0.2, 0.25) is 0 Å². The summed E-state index contributed by atoms with van der Waals surface area (Å²) in [7, 11) is 0. The molecule has 0 saturated heterocycles. The minimum Gasteiger partial charge on any atom is -0.310 e. The molecule has 12 aromatic rings. The number of aromatic nitrogens is 1. The van der Waals surface area contributed by atoms with Crippen molar-refractivity contribution in [1.29, 1.82) is 0 Å². The van der Waals surface area contributed by atoms with Crippen LogP contribution in [0, 0.1) is 0 Å². The number of fused-ring (bicyclic) bond motifs is 10. The van der Waals surface area contributed by atoms with Crippen LogP contribution in [0.25, 0.3) is 93.9 Å². The minimum atomic E-state index is -0.408. The van der Waals surface area contributed by atoms with E-state index in [1.165, 1.54) is 127 Å². The summed E-state index contributed by atoms with van der Waals surface area (Å²) in [4.78, 5) is 2.56. The number of hydrogen-bond donors (Lipinski definition) is 0. The summed E-state index contributed by atoms with van der Waals surface area (Å²) in [5.41, 5.74) is 25.7. The molecule has 71 heavy (non-hydrogen) atoms. The third-order valence-corrected chi connectivity index (χ3v) is 16.5. The molecule has 2 nitrogen and oxygen atoms in total. The Morgan fingerprint density at radius 1 is 0.352 bits per heavy atom. The van der Waals surface area contributed by atoms with Crippen molar-refractivity contribution in [2.75, 3.05) is 4.90 Å². The second-order valence-electron chi connectivity index (χ2n) is 20.5. The molecule has 1 aliphatic heterocycles. The molecule has 0 N–H and O–H groups in total. The van der Waals surface area contributed by atoms with E-state index in [0.717, 1.165) is 11.4 Å². The van der Waals surface area contributed by atoms with Crippen LogP contribution in [-0.2, 0) is 10.8 Å². The molecule has 2 heteroatoms. The van der Waals surface area contributed by atoms with Gasteiger partial charge in [0.25, 0.3) is 0 Å². The van der Waals surface area contributed by atoms with E-state index in [-0.39, 0.29) is 5.41 Å². The molecule has 0 fully saturated rings. The summed E-state index contributed by atoms with van der Waals surface area (Å²) in [5, 5.41) is 5.12. The fraction of sp³-hybridized carbons (Fsp3) is 0.0725. The molecule has 0 bridgehead atoms. The standard InChI is InChI=1S/C69H48N2/c1-68(2)56-29-14-12-27-54(56)64-58(68)31-18-34-63(64)70(49-40-46(43-19-6-4-7-20-43)39-47(41-49)44-21-8-5-9-22-44)48-35-38-62-55(42-48)52-28-17-32-59-65(52)66-60(37-36-53-51-26-13-15-33-61(51)71(62)67(53)66)69(59,3)57-30-16-24-45-23-10-11-25-50(45)57/h4-42H,1-3H3. The van der Waals surface area contributed by atoms with Crippen molar-refractivity contribution in [3.8, 4) is 61.3 Å². The van der Waals surface area contributed by atoms with Crippen molar-refractivity contribution in [2.45, 2.75) is 31.6 Å². The number of anilines is 3. The molecular formula is C69H48N2. The average Bonchev–Trinajstić information content (AvgIpc) is 3.96. The maximum absolute atomic E-state index is 2.59. The lowest BCUT2D eigenvalue weighted by atomic mass is 9.72. The maximum Gasteiger partial charge on any atom is 0.0623 e. The Hall–Kier alpha value is -8.72. The van der Waals surface area contributed by atoms with Crippen LogP contribution >= 0.6 is 0 Å². The van der Waals surface area contributed by atoms with Crippen LogP contribution in [0.3, 0.4) is 0 Å². The van der Waals surface area contributed by atoms with E-state index in [1.807, 2.05) is 0 Å². The van der Waals surface area contributed by atoms with Gasteiger partial charge in [-0.25, -0.2) is 0 Å². The van der Waals surface area contributed by atoms with Gasteiger partial charge >= 0.3 is 0 Å². The van der Waals surface area contributed by atoms with Gasteiger partial charge in [0.05, 0.1) is 22.4 Å². The van der Waals surface area contributed by atoms with Gasteiger partial charge in [0.1, 0.15) is 0 Å². The van der Waals surface area contributed by atoms with Gasteiger partial charge in [-0.05, 0) is 133 Å². The fourth-order valence-corrected chi connectivity index (χ4v) is 13.3. The van der Waals surface area contributed by atoms with Crippen LogP contribution in [0.1, 0.15) is 48.6 Å². The van der Waals surface area contributed by atoms with Gasteiger partial charge in [-0.15, -0.1) is 0 Å². The van der Waals surface area contributed by atoms with Crippen molar-refractivity contribution < 1.29 is 0 Å². The number of benzene rings is 11. The van der Waals surface area contributed by atoms with Gasteiger partial charge in [-0.1, -0.05) is 202 Å². The lowest BCUT2D eigenvalue weighted by molar-refractivity contribution is 0.660. The van der Waals surface area contributed by atoms with Crippen LogP contribution < -0.4 is 4.90 Å². The predicted octanol–water partition coefficient (Wildman–Crippen LogP) is 18.4. The van der Waals surface area contributed by atoms with E-state index < -0.39 is 5.41 Å². The van der Waals surface area contributed by atoms with Crippen molar-refractivity contribution in [2.24, 2.45) is 0 Å². The Bertz CT molecular complexity index is 4150. The molecule has 1 atom stereocenters. The Morgan fingerprint density at radius 3 is 1.76 bits per heavy atom. The van der Waals surface area contributed by atoms with Crippen LogP contribution in [0.4, 0.5) is 17.1 Å². The summed E-state index contributed by atoms with van der Waals surface area (Å²) in [6.45, 7) is 7.24. The lowest BCUT2D eigenvalue weighted by Gasteiger charge is -2.31. The first-order valence-corrected chi connectivity index (χ1v) is 25.0. The zero-order valence-corrected chi connectivity index (χ0v) is 39.9. The predicted molar refractivity (Wildman–Crippen MR) is 298 cm³/mol. The number of rotatable bonds is 6. The van der Waals surface area contributed by atoms with Crippen LogP contribution in [-0.4, -0.2) is 4.57 Å². The highest BCUT2D eigenvalue weighted by atomic mass is 15.1. The fourth-order valence-electron chi connectivity index (χ4n) is 13.3. The van der Waals surface area contributed by atoms with Crippen LogP contribution in [0.15, 0.2) is 237 Å². The Balaban J connectivity index is 1.05. The van der Waals surface area contributed by atoms with Crippen molar-refractivity contribution in [1.82, 2.24) is 4.57 Å². The highest BCUT2D eigenvalue weighted by molar-refractivity contribution is 6.19. The van der Waals surface area contributed by atoms with Gasteiger partial charge in [-0.3, -0.25) is 0 Å². The summed E-state index contributed by atoms with van der Waals surface area (Å²) in [5.74, 6) is 0. The second-order valence-corrected chi connectivity index (χ2v) is 20.5. The molecule has 0 radical (unpaired) electrons. The van der Waals surface area contributed by atoms with E-state index in [9.17, 15) is 0 Å². The maximum atomic E-state index is 2.59. The SMILES string of the molecule is CC1(C)c2ccccc2-c2c(N(c3cc(-c4ccccc4)cc(-c4ccccc4)c3)c3ccc4c(c3)-c3cccc5c3-c3c(ccc6c7ccccc7n-4c36)C5(C)c3cccc4ccccc34)cccc21. The van der Waals surface area contributed by atoms with E-state index in [4.69, 9.17) is 0 Å². The second kappa shape index (κ2) is 14.7. The van der Waals surface area contributed by atoms with E-state index in [2.05, 4.69) is 267 Å². The van der Waals surface area contributed by atoms with Crippen molar-refractivity contribution >= 4 is 49.6 Å². The molecule has 2 aliphatic carbocycles. The molecule has 334 valence electrons. The highest BCUT2D eigenvalue weighted by Crippen LogP contribution is 2.62. The number of hydrogen-bond acceptors (Lipinski definition) is 1. The topological polar surface area (TPSA) is 8.17 Å². The summed E-state index contributed by atoms with van der Waals surface area (Å²) >= 11 is 0. The van der Waals surface area contributed by atoms with Gasteiger partial charge in [0.2, 0.25) is 0 Å². The van der Waals surface area contributed by atoms with Crippen molar-refractivity contribution in [3.63, 3.8) is 0 Å². The molecule has 1 aromatic heterocycles. The Labute approximate surface area is 414 Å². The minimum absolute atomic E-state index is 0.173. The molecular weight excluding hydrogens is 857 g/mol. The number of para-hydroxylation sites is 1. The van der Waals surface area contributed by atoms with Crippen molar-refractivity contribution in [3.05, 3.63) is 264 Å². The Morgan fingerprint density at radius 2 is 0.958 bits per heavy atom. The lowest BCUT2D eigenvalue weighted by Crippen LogP contribution is -2.23. The molecule has 11 aromatic carbocycles. The quantitative estimate of drug-likeness (QED) is 0.161. The first kappa shape index (κ1) is 40.2. The molecule has 15 rings (SSSR count). The summed E-state index contributed by atoms with van der Waals surface area (Å²) in [6.07, 6.45) is 0. The number of nitrogens with zero attached hydrogens (tertiary/aromatic N) is 2. The molecule has 2 heterocycles. The molecule has 3 aliphatic rings. The molecule has 0 amide bonds. The van der Waals surface area contributed by atoms with Gasteiger partial charge in [0.15, 0.2) is 0 Å². The zero-order valence-electron chi connectivity index (χ0n) is 39.9. The van der Waals surface area contributed by atoms with E-state index >= 15 is 0 Å². The monoisotopic (exact) mass is 904 g/mol. The van der Waals surface area contributed by atoms with E-state index in [0.29, 0.717) is 0 Å². The zero-order chi connectivity index (χ0) is 47.2. The highest BCUT2D eigenvalue weighted by Gasteiger charge is 2.46. The molecule has 0 saturated carbocycles. The first-order chi connectivity index (χ1) is 34.9.